The minimum absolute atomic E-state index is 0.00593. The standard InChI is InChI=1S/C7H8N2O3/c1-11-9-3-2-4-5(10)6(8)12-7(4)9/h2-3,10H,8H2,1H3. The van der Waals surface area contributed by atoms with Crippen LogP contribution in [0.1, 0.15) is 0 Å². The molecule has 0 aliphatic rings. The van der Waals surface area contributed by atoms with Crippen molar-refractivity contribution < 1.29 is 14.4 Å². The molecule has 0 unspecified atom stereocenters. The number of aromatic hydroxyl groups is 1. The maximum Gasteiger partial charge on any atom is 0.245 e. The first-order chi connectivity index (χ1) is 5.74. The van der Waals surface area contributed by atoms with Crippen molar-refractivity contribution in [1.82, 2.24) is 4.73 Å². The number of nitrogens with two attached hydrogens (primary N) is 1. The number of furan rings is 1. The molecule has 0 bridgehead atoms. The summed E-state index contributed by atoms with van der Waals surface area (Å²) in [4.78, 5) is 4.89. The van der Waals surface area contributed by atoms with Crippen molar-refractivity contribution in [3.63, 3.8) is 0 Å². The van der Waals surface area contributed by atoms with E-state index < -0.39 is 0 Å². The van der Waals surface area contributed by atoms with Gasteiger partial charge >= 0.3 is 0 Å². The second kappa shape index (κ2) is 2.10. The highest BCUT2D eigenvalue weighted by Crippen LogP contribution is 2.33. The molecule has 3 N–H and O–H groups in total. The minimum Gasteiger partial charge on any atom is -0.503 e. The molecule has 0 saturated heterocycles. The Labute approximate surface area is 67.9 Å². The third-order valence-electron chi connectivity index (χ3n) is 1.70. The van der Waals surface area contributed by atoms with Gasteiger partial charge in [0.1, 0.15) is 7.11 Å². The zero-order chi connectivity index (χ0) is 8.72. The van der Waals surface area contributed by atoms with E-state index in [1.165, 1.54) is 11.8 Å². The van der Waals surface area contributed by atoms with Gasteiger partial charge in [0.2, 0.25) is 11.6 Å². The van der Waals surface area contributed by atoms with Crippen LogP contribution in [0.3, 0.4) is 0 Å². The number of nitrogen functional groups attached to an aromatic ring is 1. The Morgan fingerprint density at radius 1 is 1.67 bits per heavy atom. The van der Waals surface area contributed by atoms with Crippen molar-refractivity contribution in [2.75, 3.05) is 12.8 Å². The van der Waals surface area contributed by atoms with Crippen LogP contribution in [-0.2, 0) is 0 Å². The molecule has 12 heavy (non-hydrogen) atoms. The van der Waals surface area contributed by atoms with E-state index in [-0.39, 0.29) is 11.6 Å². The largest absolute Gasteiger partial charge is 0.503 e. The normalized spacial score (nSPS) is 10.8. The van der Waals surface area contributed by atoms with Gasteiger partial charge in [-0.3, -0.25) is 0 Å². The topological polar surface area (TPSA) is 73.5 Å². The summed E-state index contributed by atoms with van der Waals surface area (Å²) in [5, 5.41) is 9.87. The van der Waals surface area contributed by atoms with E-state index in [0.717, 1.165) is 0 Å². The summed E-state index contributed by atoms with van der Waals surface area (Å²) < 4.78 is 6.41. The Hall–Kier alpha value is -1.78. The number of rotatable bonds is 1. The van der Waals surface area contributed by atoms with Crippen LogP contribution in [0, 0.1) is 0 Å². The molecule has 0 spiro atoms. The first-order valence-electron chi connectivity index (χ1n) is 3.37. The molecule has 64 valence electrons. The molecule has 2 heterocycles. The van der Waals surface area contributed by atoms with Gasteiger partial charge in [-0.15, -0.1) is 0 Å². The summed E-state index contributed by atoms with van der Waals surface area (Å²) in [7, 11) is 1.50. The Bertz CT molecular complexity index is 415. The fourth-order valence-corrected chi connectivity index (χ4v) is 1.11. The molecule has 0 aliphatic heterocycles. The SMILES string of the molecule is COn1ccc2c(O)c(N)oc21. The lowest BCUT2D eigenvalue weighted by molar-refractivity contribution is 0.170. The average molecular weight is 168 g/mol. The molecule has 0 atom stereocenters. The van der Waals surface area contributed by atoms with Crippen molar-refractivity contribution >= 4 is 17.0 Å². The molecule has 5 nitrogen and oxygen atoms in total. The molecule has 2 aromatic heterocycles. The van der Waals surface area contributed by atoms with E-state index in [2.05, 4.69) is 0 Å². The van der Waals surface area contributed by atoms with E-state index in [1.54, 1.807) is 12.3 Å². The van der Waals surface area contributed by atoms with Crippen LogP contribution >= 0.6 is 0 Å². The number of anilines is 1. The summed E-state index contributed by atoms with van der Waals surface area (Å²) in [5.41, 5.74) is 5.74. The highest BCUT2D eigenvalue weighted by molar-refractivity contribution is 5.86. The summed E-state index contributed by atoms with van der Waals surface area (Å²) in [5.74, 6) is -0.0350. The number of nitrogens with zero attached hydrogens (tertiary/aromatic N) is 1. The van der Waals surface area contributed by atoms with Crippen LogP contribution < -0.4 is 10.6 Å². The smallest absolute Gasteiger partial charge is 0.245 e. The van der Waals surface area contributed by atoms with E-state index >= 15 is 0 Å². The van der Waals surface area contributed by atoms with Crippen LogP contribution in [0.5, 0.6) is 5.75 Å². The molecule has 2 aromatic rings. The molecule has 0 saturated carbocycles. The minimum atomic E-state index is -0.0409. The van der Waals surface area contributed by atoms with Crippen LogP contribution in [-0.4, -0.2) is 16.9 Å². The first kappa shape index (κ1) is 6.90. The number of hydrogen-bond acceptors (Lipinski definition) is 4. The molecule has 5 heteroatoms. The van der Waals surface area contributed by atoms with Crippen LogP contribution in [0.15, 0.2) is 16.7 Å². The maximum atomic E-state index is 9.32. The maximum absolute atomic E-state index is 9.32. The highest BCUT2D eigenvalue weighted by atomic mass is 16.7. The Balaban J connectivity index is 2.79. The zero-order valence-electron chi connectivity index (χ0n) is 6.44. The lowest BCUT2D eigenvalue weighted by atomic mass is 10.4. The third kappa shape index (κ3) is 0.674. The van der Waals surface area contributed by atoms with Crippen molar-refractivity contribution in [2.45, 2.75) is 0 Å². The Kier molecular flexibility index (Phi) is 1.21. The molecule has 0 aromatic carbocycles. The van der Waals surface area contributed by atoms with Gasteiger partial charge in [0.15, 0.2) is 5.75 Å². The van der Waals surface area contributed by atoms with Gasteiger partial charge in [-0.1, -0.05) is 0 Å². The molecular weight excluding hydrogens is 160 g/mol. The van der Waals surface area contributed by atoms with E-state index in [4.69, 9.17) is 15.0 Å². The first-order valence-corrected chi connectivity index (χ1v) is 3.37. The Morgan fingerprint density at radius 3 is 3.08 bits per heavy atom. The molecule has 0 radical (unpaired) electrons. The van der Waals surface area contributed by atoms with Gasteiger partial charge in [0.05, 0.1) is 5.39 Å². The average Bonchev–Trinajstić information content (AvgIpc) is 2.55. The predicted octanol–water partition coefficient (Wildman–Crippen LogP) is 0.581. The van der Waals surface area contributed by atoms with Gasteiger partial charge in [-0.05, 0) is 6.07 Å². The zero-order valence-corrected chi connectivity index (χ0v) is 6.44. The van der Waals surface area contributed by atoms with Crippen molar-refractivity contribution in [3.05, 3.63) is 12.3 Å². The third-order valence-corrected chi connectivity index (χ3v) is 1.70. The summed E-state index contributed by atoms with van der Waals surface area (Å²) in [6.45, 7) is 0. The van der Waals surface area contributed by atoms with Crippen LogP contribution in [0.25, 0.3) is 11.1 Å². The number of aromatic nitrogens is 1. The van der Waals surface area contributed by atoms with Crippen LogP contribution in [0.2, 0.25) is 0 Å². The summed E-state index contributed by atoms with van der Waals surface area (Å²) in [6.07, 6.45) is 1.63. The quantitative estimate of drug-likeness (QED) is 0.653. The monoisotopic (exact) mass is 168 g/mol. The highest BCUT2D eigenvalue weighted by Gasteiger charge is 2.14. The fraction of sp³-hybridized carbons (Fsp3) is 0.143. The van der Waals surface area contributed by atoms with Crippen molar-refractivity contribution in [2.24, 2.45) is 0 Å². The van der Waals surface area contributed by atoms with Crippen molar-refractivity contribution in [1.29, 1.82) is 0 Å². The predicted molar refractivity (Wildman–Crippen MR) is 42.8 cm³/mol. The Morgan fingerprint density at radius 2 is 2.42 bits per heavy atom. The lowest BCUT2D eigenvalue weighted by Crippen LogP contribution is -2.01. The van der Waals surface area contributed by atoms with Gasteiger partial charge in [-0.2, -0.15) is 4.73 Å². The van der Waals surface area contributed by atoms with Gasteiger partial charge < -0.3 is 20.1 Å². The molecular formula is C7H8N2O3. The summed E-state index contributed by atoms with van der Waals surface area (Å²) >= 11 is 0. The fourth-order valence-electron chi connectivity index (χ4n) is 1.11. The number of fused-ring (bicyclic) bond motifs is 1. The van der Waals surface area contributed by atoms with Crippen LogP contribution in [0.4, 0.5) is 5.88 Å². The van der Waals surface area contributed by atoms with Gasteiger partial charge in [-0.25, -0.2) is 0 Å². The number of hydrogen-bond donors (Lipinski definition) is 2. The molecule has 0 amide bonds. The second-order valence-corrected chi connectivity index (χ2v) is 2.36. The molecule has 2 rings (SSSR count). The van der Waals surface area contributed by atoms with E-state index in [1.807, 2.05) is 0 Å². The summed E-state index contributed by atoms with van der Waals surface area (Å²) in [6, 6.07) is 1.66. The second-order valence-electron chi connectivity index (χ2n) is 2.36. The molecule has 0 aliphatic carbocycles. The van der Waals surface area contributed by atoms with E-state index in [9.17, 15) is 5.11 Å². The molecule has 0 fully saturated rings. The van der Waals surface area contributed by atoms with Gasteiger partial charge in [0.25, 0.3) is 0 Å². The lowest BCUT2D eigenvalue weighted by Gasteiger charge is -1.96. The van der Waals surface area contributed by atoms with E-state index in [0.29, 0.717) is 11.1 Å². The van der Waals surface area contributed by atoms with Crippen molar-refractivity contribution in [3.8, 4) is 5.75 Å². The van der Waals surface area contributed by atoms with Gasteiger partial charge in [0, 0.05) is 6.20 Å².